The SMILES string of the molecule is COc1cc(C(=O)N2CCC(NC(=O)O)c3c2cnn3C(C)C)cnc1OC. The Morgan fingerprint density at radius 2 is 2.04 bits per heavy atom. The van der Waals surface area contributed by atoms with E-state index >= 15 is 0 Å². The molecule has 2 amide bonds. The van der Waals surface area contributed by atoms with E-state index in [-0.39, 0.29) is 17.8 Å². The molecule has 3 heterocycles. The van der Waals surface area contributed by atoms with E-state index in [1.54, 1.807) is 21.8 Å². The minimum atomic E-state index is -1.11. The minimum absolute atomic E-state index is 0.0136. The van der Waals surface area contributed by atoms with Crippen molar-refractivity contribution in [1.82, 2.24) is 20.1 Å². The summed E-state index contributed by atoms with van der Waals surface area (Å²) >= 11 is 0. The van der Waals surface area contributed by atoms with Crippen molar-refractivity contribution in [2.75, 3.05) is 25.7 Å². The van der Waals surface area contributed by atoms with Gasteiger partial charge >= 0.3 is 6.09 Å². The highest BCUT2D eigenvalue weighted by Crippen LogP contribution is 2.36. The fraction of sp³-hybridized carbons (Fsp3) is 0.444. The summed E-state index contributed by atoms with van der Waals surface area (Å²) < 4.78 is 12.1. The molecule has 2 aromatic heterocycles. The van der Waals surface area contributed by atoms with Crippen molar-refractivity contribution >= 4 is 17.7 Å². The molecule has 1 atom stereocenters. The van der Waals surface area contributed by atoms with Gasteiger partial charge in [0, 0.05) is 24.8 Å². The monoisotopic (exact) mass is 389 g/mol. The summed E-state index contributed by atoms with van der Waals surface area (Å²) in [5.74, 6) is 0.373. The van der Waals surface area contributed by atoms with Gasteiger partial charge in [-0.3, -0.25) is 9.48 Å². The van der Waals surface area contributed by atoms with Gasteiger partial charge in [0.2, 0.25) is 0 Å². The third kappa shape index (κ3) is 3.45. The highest BCUT2D eigenvalue weighted by Gasteiger charge is 2.34. The first kappa shape index (κ1) is 19.5. The Morgan fingerprint density at radius 1 is 1.29 bits per heavy atom. The van der Waals surface area contributed by atoms with Crippen molar-refractivity contribution in [3.8, 4) is 11.6 Å². The largest absolute Gasteiger partial charge is 0.491 e. The lowest BCUT2D eigenvalue weighted by molar-refractivity contribution is 0.0982. The Morgan fingerprint density at radius 3 is 2.64 bits per heavy atom. The molecule has 3 rings (SSSR count). The topological polar surface area (TPSA) is 119 Å². The Kier molecular flexibility index (Phi) is 5.39. The summed E-state index contributed by atoms with van der Waals surface area (Å²) in [5.41, 5.74) is 1.59. The van der Waals surface area contributed by atoms with Crippen molar-refractivity contribution in [1.29, 1.82) is 0 Å². The molecule has 10 nitrogen and oxygen atoms in total. The summed E-state index contributed by atoms with van der Waals surface area (Å²) in [6.45, 7) is 4.24. The van der Waals surface area contributed by atoms with E-state index in [1.165, 1.54) is 20.4 Å². The number of anilines is 1. The molecule has 0 radical (unpaired) electrons. The van der Waals surface area contributed by atoms with Crippen LogP contribution in [0, 0.1) is 0 Å². The second-order valence-corrected chi connectivity index (χ2v) is 6.64. The van der Waals surface area contributed by atoms with Crippen molar-refractivity contribution in [3.63, 3.8) is 0 Å². The second-order valence-electron chi connectivity index (χ2n) is 6.64. The molecule has 0 saturated heterocycles. The number of rotatable bonds is 5. The molecule has 2 aromatic rings. The van der Waals surface area contributed by atoms with Crippen LogP contribution in [0.15, 0.2) is 18.5 Å². The first-order chi connectivity index (χ1) is 13.4. The molecular weight excluding hydrogens is 366 g/mol. The van der Waals surface area contributed by atoms with Crippen LogP contribution in [0.3, 0.4) is 0 Å². The number of nitrogens with one attached hydrogen (secondary N) is 1. The van der Waals surface area contributed by atoms with Crippen LogP contribution in [0.5, 0.6) is 11.6 Å². The van der Waals surface area contributed by atoms with Gasteiger partial charge in [0.25, 0.3) is 11.8 Å². The first-order valence-electron chi connectivity index (χ1n) is 8.84. The third-order valence-electron chi connectivity index (χ3n) is 4.59. The van der Waals surface area contributed by atoms with Crippen LogP contribution in [0.25, 0.3) is 0 Å². The normalized spacial score (nSPS) is 15.9. The van der Waals surface area contributed by atoms with Gasteiger partial charge in [0.05, 0.1) is 43.4 Å². The van der Waals surface area contributed by atoms with Crippen LogP contribution in [-0.4, -0.2) is 52.6 Å². The Bertz CT molecular complexity index is 894. The van der Waals surface area contributed by atoms with Gasteiger partial charge in [-0.25, -0.2) is 9.78 Å². The smallest absolute Gasteiger partial charge is 0.405 e. The number of pyridine rings is 1. The Labute approximate surface area is 162 Å². The second kappa shape index (κ2) is 7.75. The first-order valence-corrected chi connectivity index (χ1v) is 8.84. The maximum Gasteiger partial charge on any atom is 0.405 e. The lowest BCUT2D eigenvalue weighted by Gasteiger charge is -2.33. The van der Waals surface area contributed by atoms with Gasteiger partial charge in [-0.05, 0) is 20.3 Å². The van der Waals surface area contributed by atoms with Crippen molar-refractivity contribution < 1.29 is 24.2 Å². The van der Waals surface area contributed by atoms with E-state index in [4.69, 9.17) is 14.6 Å². The lowest BCUT2D eigenvalue weighted by atomic mass is 10.0. The Hall–Kier alpha value is -3.30. The summed E-state index contributed by atoms with van der Waals surface area (Å²) in [6, 6.07) is 1.15. The average Bonchev–Trinajstić information content (AvgIpc) is 3.12. The maximum absolute atomic E-state index is 13.2. The van der Waals surface area contributed by atoms with E-state index in [0.717, 1.165) is 0 Å². The zero-order chi connectivity index (χ0) is 20.4. The number of nitrogens with zero attached hydrogens (tertiary/aromatic N) is 4. The van der Waals surface area contributed by atoms with Crippen LogP contribution < -0.4 is 19.7 Å². The minimum Gasteiger partial charge on any atom is -0.491 e. The number of aromatic nitrogens is 3. The summed E-state index contributed by atoms with van der Waals surface area (Å²) in [5, 5.41) is 16.1. The molecule has 1 aliphatic heterocycles. The zero-order valence-electron chi connectivity index (χ0n) is 16.2. The zero-order valence-corrected chi connectivity index (χ0v) is 16.2. The van der Waals surface area contributed by atoms with Crippen molar-refractivity contribution in [3.05, 3.63) is 29.7 Å². The fourth-order valence-corrected chi connectivity index (χ4v) is 3.34. The molecule has 0 saturated carbocycles. The molecule has 0 fully saturated rings. The number of fused-ring (bicyclic) bond motifs is 1. The number of hydrogen-bond acceptors (Lipinski definition) is 6. The molecule has 0 aromatic carbocycles. The molecule has 1 aliphatic rings. The van der Waals surface area contributed by atoms with Crippen LogP contribution >= 0.6 is 0 Å². The van der Waals surface area contributed by atoms with Gasteiger partial charge in [-0.1, -0.05) is 0 Å². The number of amides is 2. The summed E-state index contributed by atoms with van der Waals surface area (Å²) in [7, 11) is 2.95. The lowest BCUT2D eigenvalue weighted by Crippen LogP contribution is -2.41. The van der Waals surface area contributed by atoms with Crippen LogP contribution in [0.2, 0.25) is 0 Å². The molecule has 150 valence electrons. The average molecular weight is 389 g/mol. The molecule has 28 heavy (non-hydrogen) atoms. The highest BCUT2D eigenvalue weighted by molar-refractivity contribution is 6.06. The van der Waals surface area contributed by atoms with E-state index in [1.807, 2.05) is 13.8 Å². The standard InChI is InChI=1S/C18H23N5O5/c1-10(2)23-15-12(21-18(25)26)5-6-22(13(15)9-20-23)17(24)11-7-14(27-3)16(28-4)19-8-11/h7-10,12,21H,5-6H2,1-4H3,(H,25,26). The number of carbonyl (C=O) groups excluding carboxylic acids is 1. The predicted octanol–water partition coefficient (Wildman–Crippen LogP) is 2.24. The molecule has 0 bridgehead atoms. The van der Waals surface area contributed by atoms with E-state index in [0.29, 0.717) is 35.7 Å². The summed E-state index contributed by atoms with van der Waals surface area (Å²) in [6.07, 6.45) is 2.34. The van der Waals surface area contributed by atoms with E-state index in [9.17, 15) is 9.59 Å². The molecule has 10 heteroatoms. The van der Waals surface area contributed by atoms with Crippen molar-refractivity contribution in [2.45, 2.75) is 32.4 Å². The van der Waals surface area contributed by atoms with Gasteiger partial charge in [0.1, 0.15) is 0 Å². The third-order valence-corrected chi connectivity index (χ3v) is 4.59. The van der Waals surface area contributed by atoms with Crippen LogP contribution in [0.1, 0.15) is 48.4 Å². The predicted molar refractivity (Wildman–Crippen MR) is 100 cm³/mol. The van der Waals surface area contributed by atoms with Crippen LogP contribution in [-0.2, 0) is 0 Å². The quantitative estimate of drug-likeness (QED) is 0.805. The number of hydrogen-bond donors (Lipinski definition) is 2. The molecule has 1 unspecified atom stereocenters. The molecule has 0 aliphatic carbocycles. The summed E-state index contributed by atoms with van der Waals surface area (Å²) in [4.78, 5) is 30.1. The number of methoxy groups -OCH3 is 2. The van der Waals surface area contributed by atoms with Crippen molar-refractivity contribution in [2.24, 2.45) is 0 Å². The van der Waals surface area contributed by atoms with Crippen LogP contribution in [0.4, 0.5) is 10.5 Å². The molecule has 0 spiro atoms. The fourth-order valence-electron chi connectivity index (χ4n) is 3.34. The van der Waals surface area contributed by atoms with Gasteiger partial charge < -0.3 is 24.8 Å². The number of ether oxygens (including phenoxy) is 2. The molecule has 2 N–H and O–H groups in total. The van der Waals surface area contributed by atoms with Gasteiger partial charge in [0.15, 0.2) is 5.75 Å². The van der Waals surface area contributed by atoms with Gasteiger partial charge in [-0.2, -0.15) is 5.10 Å². The Balaban J connectivity index is 1.99. The van der Waals surface area contributed by atoms with Gasteiger partial charge in [-0.15, -0.1) is 0 Å². The maximum atomic E-state index is 13.2. The molecular formula is C18H23N5O5. The van der Waals surface area contributed by atoms with E-state index < -0.39 is 12.1 Å². The van der Waals surface area contributed by atoms with E-state index in [2.05, 4.69) is 15.4 Å². The number of carboxylic acid groups (broad SMARTS) is 1. The number of carbonyl (C=O) groups is 2. The highest BCUT2D eigenvalue weighted by atomic mass is 16.5.